The van der Waals surface area contributed by atoms with Crippen LogP contribution in [0.25, 0.3) is 16.5 Å². The fraction of sp³-hybridized carbons (Fsp3) is 0.208. The van der Waals surface area contributed by atoms with Crippen molar-refractivity contribution in [3.8, 4) is 5.75 Å². The van der Waals surface area contributed by atoms with Crippen molar-refractivity contribution in [2.75, 3.05) is 12.9 Å². The van der Waals surface area contributed by atoms with Crippen molar-refractivity contribution in [3.05, 3.63) is 76.8 Å². The number of fused-ring (bicyclic) bond motifs is 3. The molecule has 0 spiro atoms. The standard InChI is InChI=1S/C24H22N4O2S/c1-3-14-31-24-26-23(29)21-17-10-6-7-11-18(17)25-22(28(21)27-24)20-16-9-5-4-8-15(16)12-13-19(20)30-2/h4-13,22H,3,14H2,1-2H3,(H,26,27,29)/t22-/m0/s1. The van der Waals surface area contributed by atoms with Gasteiger partial charge in [-0.15, -0.1) is 5.10 Å². The molecule has 5 rings (SSSR count). The highest BCUT2D eigenvalue weighted by atomic mass is 32.2. The lowest BCUT2D eigenvalue weighted by Gasteiger charge is -2.35. The highest BCUT2D eigenvalue weighted by Crippen LogP contribution is 2.39. The number of rotatable bonds is 4. The Bertz CT molecular complexity index is 1330. The molecule has 156 valence electrons. The lowest BCUT2D eigenvalue weighted by molar-refractivity contribution is -0.116. The second-order valence-electron chi connectivity index (χ2n) is 7.32. The molecule has 2 aliphatic rings. The minimum absolute atomic E-state index is 0.167. The molecule has 0 bridgehead atoms. The van der Waals surface area contributed by atoms with Gasteiger partial charge in [0.1, 0.15) is 11.4 Å². The van der Waals surface area contributed by atoms with E-state index in [9.17, 15) is 4.79 Å². The maximum absolute atomic E-state index is 13.2. The van der Waals surface area contributed by atoms with Gasteiger partial charge in [0.25, 0.3) is 5.91 Å². The van der Waals surface area contributed by atoms with Crippen LogP contribution in [0.5, 0.6) is 5.75 Å². The van der Waals surface area contributed by atoms with Crippen molar-refractivity contribution in [2.45, 2.75) is 19.5 Å². The first kappa shape index (κ1) is 19.6. The van der Waals surface area contributed by atoms with E-state index in [0.717, 1.165) is 44.8 Å². The Kier molecular flexibility index (Phi) is 5.11. The molecule has 0 saturated carbocycles. The van der Waals surface area contributed by atoms with E-state index in [1.54, 1.807) is 12.1 Å². The third-order valence-electron chi connectivity index (χ3n) is 5.37. The zero-order chi connectivity index (χ0) is 21.4. The molecule has 0 radical (unpaired) electrons. The van der Waals surface area contributed by atoms with Gasteiger partial charge in [-0.2, -0.15) is 0 Å². The molecule has 1 amide bonds. The van der Waals surface area contributed by atoms with Crippen LogP contribution in [-0.4, -0.2) is 28.9 Å². The Morgan fingerprint density at radius 3 is 2.74 bits per heavy atom. The number of hydrogen-bond acceptors (Lipinski definition) is 6. The van der Waals surface area contributed by atoms with E-state index in [1.165, 1.54) is 11.8 Å². The van der Waals surface area contributed by atoms with E-state index in [4.69, 9.17) is 14.8 Å². The number of nitrogens with zero attached hydrogens (tertiary/aromatic N) is 3. The number of amides is 1. The number of para-hydroxylation sites is 1. The SMILES string of the molecule is CCCSC1=NN2C(=c3ccccc3=N[C@@H]2c2c(OC)ccc3ccccc23)C(=O)N1. The number of carbonyl (C=O) groups excluding carboxylic acids is 1. The number of methoxy groups -OCH3 is 1. The van der Waals surface area contributed by atoms with E-state index < -0.39 is 6.17 Å². The predicted molar refractivity (Wildman–Crippen MR) is 124 cm³/mol. The first-order chi connectivity index (χ1) is 15.2. The first-order valence-corrected chi connectivity index (χ1v) is 11.2. The van der Waals surface area contributed by atoms with Gasteiger partial charge in [-0.3, -0.25) is 15.1 Å². The summed E-state index contributed by atoms with van der Waals surface area (Å²) in [5, 5.41) is 13.8. The minimum Gasteiger partial charge on any atom is -0.496 e. The molecule has 0 saturated heterocycles. The molecule has 3 aromatic rings. The van der Waals surface area contributed by atoms with Gasteiger partial charge < -0.3 is 4.74 Å². The fourth-order valence-corrected chi connectivity index (χ4v) is 4.71. The van der Waals surface area contributed by atoms with Crippen molar-refractivity contribution in [2.24, 2.45) is 10.1 Å². The van der Waals surface area contributed by atoms with Crippen molar-refractivity contribution < 1.29 is 9.53 Å². The summed E-state index contributed by atoms with van der Waals surface area (Å²) in [6, 6.07) is 19.8. The summed E-state index contributed by atoms with van der Waals surface area (Å²) >= 11 is 1.54. The topological polar surface area (TPSA) is 66.3 Å². The van der Waals surface area contributed by atoms with Crippen molar-refractivity contribution in [1.82, 2.24) is 10.3 Å². The van der Waals surface area contributed by atoms with Gasteiger partial charge in [0, 0.05) is 16.5 Å². The van der Waals surface area contributed by atoms with E-state index in [2.05, 4.69) is 24.4 Å². The molecule has 2 aliphatic heterocycles. The van der Waals surface area contributed by atoms with Crippen molar-refractivity contribution in [3.63, 3.8) is 0 Å². The molecule has 7 heteroatoms. The zero-order valence-electron chi connectivity index (χ0n) is 17.3. The second kappa shape index (κ2) is 8.07. The predicted octanol–water partition coefficient (Wildman–Crippen LogP) is 3.13. The van der Waals surface area contributed by atoms with Crippen LogP contribution in [0.3, 0.4) is 0 Å². The molecule has 6 nitrogen and oxygen atoms in total. The smallest absolute Gasteiger partial charge is 0.276 e. The summed E-state index contributed by atoms with van der Waals surface area (Å²) in [7, 11) is 1.66. The Balaban J connectivity index is 1.79. The van der Waals surface area contributed by atoms with Gasteiger partial charge in [0.05, 0.1) is 12.5 Å². The average Bonchev–Trinajstić information content (AvgIpc) is 2.81. The number of ether oxygens (including phenoxy) is 1. The van der Waals surface area contributed by atoms with Gasteiger partial charge >= 0.3 is 0 Å². The van der Waals surface area contributed by atoms with Gasteiger partial charge in [-0.25, -0.2) is 5.01 Å². The molecule has 3 aromatic carbocycles. The largest absolute Gasteiger partial charge is 0.496 e. The summed E-state index contributed by atoms with van der Waals surface area (Å²) in [5.74, 6) is 1.42. The summed E-state index contributed by atoms with van der Waals surface area (Å²) in [6.07, 6.45) is 0.471. The van der Waals surface area contributed by atoms with E-state index in [-0.39, 0.29) is 5.91 Å². The van der Waals surface area contributed by atoms with E-state index >= 15 is 0 Å². The molecule has 2 heterocycles. The van der Waals surface area contributed by atoms with Crippen LogP contribution < -0.4 is 20.6 Å². The van der Waals surface area contributed by atoms with Crippen LogP contribution in [0.4, 0.5) is 0 Å². The molecular formula is C24H22N4O2S. The zero-order valence-corrected chi connectivity index (χ0v) is 18.1. The number of amidine groups is 1. The third kappa shape index (κ3) is 3.35. The molecule has 0 fully saturated rings. The monoisotopic (exact) mass is 430 g/mol. The van der Waals surface area contributed by atoms with Gasteiger partial charge in [-0.1, -0.05) is 67.2 Å². The lowest BCUT2D eigenvalue weighted by Crippen LogP contribution is -2.50. The number of hydrazone groups is 1. The second-order valence-corrected chi connectivity index (χ2v) is 8.41. The Labute approximate surface area is 184 Å². The van der Waals surface area contributed by atoms with E-state index in [1.807, 2.05) is 48.5 Å². The molecule has 1 N–H and O–H groups in total. The Morgan fingerprint density at radius 2 is 1.90 bits per heavy atom. The number of thioether (sulfide) groups is 1. The van der Waals surface area contributed by atoms with Crippen LogP contribution >= 0.6 is 11.8 Å². The molecular weight excluding hydrogens is 408 g/mol. The average molecular weight is 431 g/mol. The molecule has 0 unspecified atom stereocenters. The molecule has 1 atom stereocenters. The minimum atomic E-state index is -0.519. The molecule has 0 aromatic heterocycles. The highest BCUT2D eigenvalue weighted by molar-refractivity contribution is 8.13. The number of hydrogen-bond donors (Lipinski definition) is 1. The molecule has 0 aliphatic carbocycles. The van der Waals surface area contributed by atoms with Gasteiger partial charge in [0.15, 0.2) is 11.3 Å². The third-order valence-corrected chi connectivity index (χ3v) is 6.44. The fourth-order valence-electron chi connectivity index (χ4n) is 4.00. The van der Waals surface area contributed by atoms with Crippen LogP contribution in [-0.2, 0) is 4.79 Å². The lowest BCUT2D eigenvalue weighted by atomic mass is 9.99. The molecule has 31 heavy (non-hydrogen) atoms. The number of carbonyl (C=O) groups is 1. The van der Waals surface area contributed by atoms with Crippen LogP contribution in [0.2, 0.25) is 0 Å². The van der Waals surface area contributed by atoms with Crippen LogP contribution in [0, 0.1) is 0 Å². The van der Waals surface area contributed by atoms with Crippen LogP contribution in [0.15, 0.2) is 70.8 Å². The van der Waals surface area contributed by atoms with Gasteiger partial charge in [0.2, 0.25) is 0 Å². The number of benzene rings is 3. The first-order valence-electron chi connectivity index (χ1n) is 10.3. The summed E-state index contributed by atoms with van der Waals surface area (Å²) in [5.41, 5.74) is 1.40. The summed E-state index contributed by atoms with van der Waals surface area (Å²) in [4.78, 5) is 18.2. The van der Waals surface area contributed by atoms with Gasteiger partial charge in [-0.05, 0) is 29.3 Å². The quantitative estimate of drug-likeness (QED) is 0.691. The Morgan fingerprint density at radius 1 is 1.10 bits per heavy atom. The van der Waals surface area contributed by atoms with E-state index in [0.29, 0.717) is 10.9 Å². The maximum Gasteiger partial charge on any atom is 0.276 e. The van der Waals surface area contributed by atoms with Crippen LogP contribution in [0.1, 0.15) is 25.1 Å². The number of nitrogens with one attached hydrogen (secondary N) is 1. The maximum atomic E-state index is 13.2. The highest BCUT2D eigenvalue weighted by Gasteiger charge is 2.36. The normalized spacial score (nSPS) is 17.4. The summed E-state index contributed by atoms with van der Waals surface area (Å²) < 4.78 is 5.74. The van der Waals surface area contributed by atoms with Crippen molar-refractivity contribution >= 4 is 39.3 Å². The Hall–Kier alpha value is -3.32. The summed E-state index contributed by atoms with van der Waals surface area (Å²) in [6.45, 7) is 2.10. The van der Waals surface area contributed by atoms with Crippen molar-refractivity contribution in [1.29, 1.82) is 0 Å².